The summed E-state index contributed by atoms with van der Waals surface area (Å²) in [5.41, 5.74) is 0. The molecule has 2 atom stereocenters. The summed E-state index contributed by atoms with van der Waals surface area (Å²) in [6.45, 7) is 0. The molecule has 1 saturated carbocycles. The number of fused-ring (bicyclic) bond motifs is 2. The van der Waals surface area contributed by atoms with Crippen LogP contribution in [-0.2, 0) is 0 Å². The van der Waals surface area contributed by atoms with Crippen molar-refractivity contribution in [1.82, 2.24) is 0 Å². The minimum Gasteiger partial charge on any atom is -0.202 e. The Kier molecular flexibility index (Phi) is 1.95. The Labute approximate surface area is 93.8 Å². The van der Waals surface area contributed by atoms with Gasteiger partial charge in [0.1, 0.15) is 9.75 Å². The Bertz CT molecular complexity index is 286. The van der Waals surface area contributed by atoms with Gasteiger partial charge in [0.15, 0.2) is 0 Å². The molecular weight excluding hydrogens is 264 g/mol. The molecule has 0 aromatic carbocycles. The first-order valence-corrected chi connectivity index (χ1v) is 5.10. The van der Waals surface area contributed by atoms with Gasteiger partial charge in [-0.25, -0.2) is 8.78 Å². The van der Waals surface area contributed by atoms with Crippen LogP contribution in [-0.4, -0.2) is 15.7 Å². The highest BCUT2D eigenvalue weighted by atomic mass is 35.5. The normalized spacial score (nSPS) is 47.5. The van der Waals surface area contributed by atoms with E-state index in [0.29, 0.717) is 0 Å². The molecule has 2 aliphatic rings. The molecular formula is C7H4Cl4F2. The van der Waals surface area contributed by atoms with Crippen LogP contribution in [0.2, 0.25) is 0 Å². The van der Waals surface area contributed by atoms with Gasteiger partial charge in [-0.3, -0.25) is 0 Å². The molecule has 0 saturated heterocycles. The molecule has 1 fully saturated rings. The second-order valence-electron chi connectivity index (χ2n) is 3.30. The molecule has 2 unspecified atom stereocenters. The quantitative estimate of drug-likeness (QED) is 0.581. The van der Waals surface area contributed by atoms with Crippen LogP contribution >= 0.6 is 46.4 Å². The van der Waals surface area contributed by atoms with Gasteiger partial charge in [-0.1, -0.05) is 23.2 Å². The van der Waals surface area contributed by atoms with E-state index in [2.05, 4.69) is 0 Å². The maximum absolute atomic E-state index is 13.6. The lowest BCUT2D eigenvalue weighted by Crippen LogP contribution is -2.44. The summed E-state index contributed by atoms with van der Waals surface area (Å²) in [7, 11) is 0. The molecule has 13 heavy (non-hydrogen) atoms. The molecule has 0 aliphatic heterocycles. The molecule has 0 nitrogen and oxygen atoms in total. The summed E-state index contributed by atoms with van der Waals surface area (Å²) < 4.78 is 27.2. The van der Waals surface area contributed by atoms with E-state index < -0.39 is 15.7 Å². The van der Waals surface area contributed by atoms with E-state index in [1.807, 2.05) is 0 Å². The SMILES string of the molecule is FC1(F)C2(Cl)CCC1(Cl)C(Cl)=C2Cl. The van der Waals surface area contributed by atoms with Crippen LogP contribution in [0.25, 0.3) is 0 Å². The third-order valence-corrected chi connectivity index (χ3v) is 5.24. The molecule has 0 N–H and O–H groups in total. The van der Waals surface area contributed by atoms with Gasteiger partial charge in [-0.05, 0) is 12.8 Å². The molecule has 0 aromatic heterocycles. The maximum atomic E-state index is 13.6. The minimum atomic E-state index is -3.27. The average Bonchev–Trinajstić information content (AvgIpc) is 2.28. The highest BCUT2D eigenvalue weighted by Crippen LogP contribution is 2.70. The van der Waals surface area contributed by atoms with Crippen molar-refractivity contribution in [2.75, 3.05) is 0 Å². The fourth-order valence-electron chi connectivity index (χ4n) is 1.82. The Morgan fingerprint density at radius 1 is 0.923 bits per heavy atom. The van der Waals surface area contributed by atoms with Gasteiger partial charge in [0, 0.05) is 0 Å². The fraction of sp³-hybridized carbons (Fsp3) is 0.714. The summed E-state index contributed by atoms with van der Waals surface area (Å²) in [5.74, 6) is -3.27. The van der Waals surface area contributed by atoms with Gasteiger partial charge in [0.05, 0.1) is 10.1 Å². The topological polar surface area (TPSA) is 0 Å². The van der Waals surface area contributed by atoms with Crippen LogP contribution < -0.4 is 0 Å². The van der Waals surface area contributed by atoms with Crippen molar-refractivity contribution >= 4 is 46.4 Å². The highest BCUT2D eigenvalue weighted by Gasteiger charge is 2.78. The molecule has 0 heterocycles. The molecule has 0 spiro atoms. The van der Waals surface area contributed by atoms with E-state index in [9.17, 15) is 8.78 Å². The van der Waals surface area contributed by atoms with Crippen LogP contribution in [0.4, 0.5) is 8.78 Å². The van der Waals surface area contributed by atoms with Crippen LogP contribution in [0.3, 0.4) is 0 Å². The number of alkyl halides is 4. The zero-order valence-electron chi connectivity index (χ0n) is 6.18. The maximum Gasteiger partial charge on any atom is 0.295 e. The van der Waals surface area contributed by atoms with E-state index in [1.54, 1.807) is 0 Å². The first-order valence-electron chi connectivity index (χ1n) is 3.59. The summed E-state index contributed by atoms with van der Waals surface area (Å²) in [6.07, 6.45) is 0.111. The van der Waals surface area contributed by atoms with E-state index in [-0.39, 0.29) is 22.9 Å². The van der Waals surface area contributed by atoms with Gasteiger partial charge in [-0.2, -0.15) is 0 Å². The van der Waals surface area contributed by atoms with Gasteiger partial charge in [0.2, 0.25) is 0 Å². The first kappa shape index (κ1) is 10.3. The predicted molar refractivity (Wildman–Crippen MR) is 50.1 cm³/mol. The second kappa shape index (κ2) is 2.46. The smallest absolute Gasteiger partial charge is 0.202 e. The van der Waals surface area contributed by atoms with Crippen LogP contribution in [0.1, 0.15) is 12.8 Å². The summed E-state index contributed by atoms with van der Waals surface area (Å²) in [5, 5.41) is -0.413. The van der Waals surface area contributed by atoms with E-state index in [4.69, 9.17) is 46.4 Å². The van der Waals surface area contributed by atoms with Crippen LogP contribution in [0.15, 0.2) is 10.1 Å². The van der Waals surface area contributed by atoms with Crippen LogP contribution in [0, 0.1) is 0 Å². The fourth-order valence-corrected chi connectivity index (χ4v) is 3.41. The average molecular weight is 268 g/mol. The Morgan fingerprint density at radius 2 is 1.23 bits per heavy atom. The molecule has 0 aromatic rings. The number of rotatable bonds is 0. The Hall–Kier alpha value is 0.760. The van der Waals surface area contributed by atoms with E-state index >= 15 is 0 Å². The molecule has 74 valence electrons. The monoisotopic (exact) mass is 266 g/mol. The van der Waals surface area contributed by atoms with Crippen molar-refractivity contribution in [2.45, 2.75) is 28.5 Å². The van der Waals surface area contributed by atoms with Crippen molar-refractivity contribution in [1.29, 1.82) is 0 Å². The number of halogens is 6. The third kappa shape index (κ3) is 0.847. The van der Waals surface area contributed by atoms with E-state index in [0.717, 1.165) is 0 Å². The Balaban J connectivity index is 2.67. The first-order chi connectivity index (χ1) is 5.77. The molecule has 0 radical (unpaired) electrons. The van der Waals surface area contributed by atoms with Crippen molar-refractivity contribution in [3.05, 3.63) is 10.1 Å². The number of hydrogen-bond donors (Lipinski definition) is 0. The zero-order chi connectivity index (χ0) is 10.1. The lowest BCUT2D eigenvalue weighted by Gasteiger charge is -2.27. The lowest BCUT2D eigenvalue weighted by molar-refractivity contribution is -0.0177. The largest absolute Gasteiger partial charge is 0.295 e. The van der Waals surface area contributed by atoms with Gasteiger partial charge >= 0.3 is 0 Å². The van der Waals surface area contributed by atoms with Gasteiger partial charge < -0.3 is 0 Å². The Morgan fingerprint density at radius 3 is 1.38 bits per heavy atom. The number of allylic oxidation sites excluding steroid dienone is 2. The zero-order valence-corrected chi connectivity index (χ0v) is 9.21. The molecule has 2 bridgehead atoms. The minimum absolute atomic E-state index is 0.0557. The summed E-state index contributed by atoms with van der Waals surface area (Å²) in [4.78, 5) is -3.76. The van der Waals surface area contributed by atoms with Crippen molar-refractivity contribution < 1.29 is 8.78 Å². The van der Waals surface area contributed by atoms with Gasteiger partial charge in [-0.15, -0.1) is 23.2 Å². The predicted octanol–water partition coefficient (Wildman–Crippen LogP) is 4.07. The highest BCUT2D eigenvalue weighted by molar-refractivity contribution is 6.51. The molecule has 2 rings (SSSR count). The van der Waals surface area contributed by atoms with Crippen LogP contribution in [0.5, 0.6) is 0 Å². The van der Waals surface area contributed by atoms with E-state index in [1.165, 1.54) is 0 Å². The third-order valence-electron chi connectivity index (χ3n) is 2.70. The van der Waals surface area contributed by atoms with Crippen molar-refractivity contribution in [2.24, 2.45) is 0 Å². The molecule has 0 amide bonds. The second-order valence-corrected chi connectivity index (χ2v) is 5.35. The summed E-state index contributed by atoms with van der Waals surface area (Å²) >= 11 is 22.7. The van der Waals surface area contributed by atoms with Crippen molar-refractivity contribution in [3.8, 4) is 0 Å². The van der Waals surface area contributed by atoms with Crippen molar-refractivity contribution in [3.63, 3.8) is 0 Å². The van der Waals surface area contributed by atoms with Gasteiger partial charge in [0.25, 0.3) is 5.92 Å². The number of hydrogen-bond acceptors (Lipinski definition) is 0. The molecule has 2 aliphatic carbocycles. The lowest BCUT2D eigenvalue weighted by atomic mass is 10.1. The molecule has 6 heteroatoms. The standard InChI is InChI=1S/C7H4Cl4F2/c8-3-4(9)6(11)2-1-5(3,10)7(6,12)13/h1-2H2. The summed E-state index contributed by atoms with van der Waals surface area (Å²) in [6, 6.07) is 0.